The molecule has 1 aromatic carbocycles. The van der Waals surface area contributed by atoms with Gasteiger partial charge in [0.1, 0.15) is 0 Å². The molecule has 25 heavy (non-hydrogen) atoms. The van der Waals surface area contributed by atoms with Gasteiger partial charge in [0.2, 0.25) is 5.95 Å². The van der Waals surface area contributed by atoms with Crippen LogP contribution in [-0.2, 0) is 7.05 Å². The van der Waals surface area contributed by atoms with Crippen molar-refractivity contribution in [2.75, 3.05) is 18.0 Å². The Labute approximate surface area is 147 Å². The summed E-state index contributed by atoms with van der Waals surface area (Å²) in [5, 5.41) is 0.532. The van der Waals surface area contributed by atoms with Gasteiger partial charge in [0.25, 0.3) is 5.56 Å². The summed E-state index contributed by atoms with van der Waals surface area (Å²) in [5.41, 5.74) is 2.34. The molecule has 1 spiro atoms. The number of nitrogens with zero attached hydrogens (tertiary/aromatic N) is 3. The van der Waals surface area contributed by atoms with Gasteiger partial charge in [0.05, 0.1) is 10.9 Å². The van der Waals surface area contributed by atoms with E-state index in [9.17, 15) is 9.59 Å². The van der Waals surface area contributed by atoms with E-state index in [1.165, 1.54) is 39.0 Å². The average Bonchev–Trinajstić information content (AvgIpc) is 2.56. The number of anilines is 1. The van der Waals surface area contributed by atoms with E-state index in [0.29, 0.717) is 27.8 Å². The second-order valence-electron chi connectivity index (χ2n) is 7.96. The molecule has 1 aliphatic heterocycles. The Hall–Kier alpha value is -2.17. The Morgan fingerprint density at radius 1 is 1.16 bits per heavy atom. The number of benzene rings is 1. The summed E-state index contributed by atoms with van der Waals surface area (Å²) < 4.78 is 1.64. The zero-order valence-electron chi connectivity index (χ0n) is 15.3. The molecule has 2 heterocycles. The van der Waals surface area contributed by atoms with Crippen LogP contribution in [0.3, 0.4) is 0 Å². The first-order chi connectivity index (χ1) is 11.9. The van der Waals surface area contributed by atoms with E-state index < -0.39 is 0 Å². The fourth-order valence-electron chi connectivity index (χ4n) is 4.58. The maximum absolute atomic E-state index is 12.9. The summed E-state index contributed by atoms with van der Waals surface area (Å²) in [6.07, 6.45) is 6.53. The minimum absolute atomic E-state index is 0.0484. The van der Waals surface area contributed by atoms with Crippen molar-refractivity contribution < 1.29 is 4.79 Å². The van der Waals surface area contributed by atoms with Gasteiger partial charge in [-0.3, -0.25) is 14.2 Å². The number of hydrogen-bond acceptors (Lipinski definition) is 4. The lowest BCUT2D eigenvalue weighted by Crippen LogP contribution is -2.58. The van der Waals surface area contributed by atoms with Crippen molar-refractivity contribution in [1.82, 2.24) is 9.55 Å². The normalized spacial score (nSPS) is 19.2. The zero-order valence-corrected chi connectivity index (χ0v) is 15.3. The summed E-state index contributed by atoms with van der Waals surface area (Å²) in [6.45, 7) is 5.38. The molecule has 1 aromatic heterocycles. The van der Waals surface area contributed by atoms with Gasteiger partial charge in [0.15, 0.2) is 5.78 Å². The van der Waals surface area contributed by atoms with E-state index in [0.717, 1.165) is 18.7 Å². The summed E-state index contributed by atoms with van der Waals surface area (Å²) >= 11 is 0. The van der Waals surface area contributed by atoms with Gasteiger partial charge in [-0.25, -0.2) is 4.98 Å². The third kappa shape index (κ3) is 2.57. The highest BCUT2D eigenvalue weighted by Crippen LogP contribution is 2.45. The Morgan fingerprint density at radius 3 is 2.48 bits per heavy atom. The highest BCUT2D eigenvalue weighted by molar-refractivity contribution is 6.05. The molecule has 0 amide bonds. The quantitative estimate of drug-likeness (QED) is 0.789. The van der Waals surface area contributed by atoms with Gasteiger partial charge < -0.3 is 4.90 Å². The third-order valence-corrected chi connectivity index (χ3v) is 5.93. The molecule has 5 nitrogen and oxygen atoms in total. The van der Waals surface area contributed by atoms with Crippen LogP contribution in [-0.4, -0.2) is 28.4 Å². The second kappa shape index (κ2) is 5.68. The van der Waals surface area contributed by atoms with E-state index in [-0.39, 0.29) is 11.3 Å². The molecule has 1 saturated heterocycles. The molecule has 1 aliphatic carbocycles. The van der Waals surface area contributed by atoms with E-state index in [2.05, 4.69) is 4.90 Å². The highest BCUT2D eigenvalue weighted by atomic mass is 16.1. The minimum atomic E-state index is -0.0733. The molecule has 2 aliphatic rings. The van der Waals surface area contributed by atoms with Crippen LogP contribution in [0.25, 0.3) is 10.9 Å². The maximum atomic E-state index is 12.9. The number of fused-ring (bicyclic) bond motifs is 1. The Balaban J connectivity index is 1.79. The van der Waals surface area contributed by atoms with Crippen molar-refractivity contribution in [1.29, 1.82) is 0 Å². The van der Waals surface area contributed by atoms with Crippen LogP contribution in [0.2, 0.25) is 0 Å². The first kappa shape index (κ1) is 16.3. The average molecular weight is 339 g/mol. The largest absolute Gasteiger partial charge is 0.341 e. The van der Waals surface area contributed by atoms with Gasteiger partial charge in [-0.15, -0.1) is 0 Å². The van der Waals surface area contributed by atoms with Crippen LogP contribution in [0.1, 0.15) is 54.9 Å². The highest BCUT2D eigenvalue weighted by Gasteiger charge is 2.44. The number of rotatable bonds is 2. The van der Waals surface area contributed by atoms with E-state index in [4.69, 9.17) is 4.98 Å². The predicted molar refractivity (Wildman–Crippen MR) is 99.5 cm³/mol. The van der Waals surface area contributed by atoms with Gasteiger partial charge >= 0.3 is 0 Å². The fraction of sp³-hybridized carbons (Fsp3) is 0.550. The SMILES string of the molecule is CC(=O)c1cc(C)cc2c(=O)n(C)c(N3CC4(CCCCC4)C3)nc12. The molecular formula is C20H25N3O2. The smallest absolute Gasteiger partial charge is 0.262 e. The van der Waals surface area contributed by atoms with Gasteiger partial charge in [-0.05, 0) is 44.4 Å². The van der Waals surface area contributed by atoms with Gasteiger partial charge in [0, 0.05) is 31.1 Å². The van der Waals surface area contributed by atoms with Crippen LogP contribution < -0.4 is 10.5 Å². The molecule has 0 unspecified atom stereocenters. The van der Waals surface area contributed by atoms with Gasteiger partial charge in [-0.1, -0.05) is 19.3 Å². The van der Waals surface area contributed by atoms with E-state index in [1.807, 2.05) is 19.1 Å². The van der Waals surface area contributed by atoms with Crippen LogP contribution in [0, 0.1) is 12.3 Å². The van der Waals surface area contributed by atoms with Crippen molar-refractivity contribution in [2.45, 2.75) is 46.0 Å². The Bertz CT molecular complexity index is 915. The molecule has 0 N–H and O–H groups in total. The third-order valence-electron chi connectivity index (χ3n) is 5.93. The zero-order chi connectivity index (χ0) is 17.8. The number of aromatic nitrogens is 2. The summed E-state index contributed by atoms with van der Waals surface area (Å²) in [6, 6.07) is 3.67. The van der Waals surface area contributed by atoms with Gasteiger partial charge in [-0.2, -0.15) is 0 Å². The van der Waals surface area contributed by atoms with Crippen LogP contribution in [0.5, 0.6) is 0 Å². The maximum Gasteiger partial charge on any atom is 0.262 e. The summed E-state index contributed by atoms with van der Waals surface area (Å²) in [4.78, 5) is 31.9. The Morgan fingerprint density at radius 2 is 1.84 bits per heavy atom. The number of carbonyl (C=O) groups excluding carboxylic acids is 1. The minimum Gasteiger partial charge on any atom is -0.341 e. The van der Waals surface area contributed by atoms with Crippen molar-refractivity contribution in [3.8, 4) is 0 Å². The van der Waals surface area contributed by atoms with E-state index >= 15 is 0 Å². The molecule has 0 bridgehead atoms. The van der Waals surface area contributed by atoms with Crippen molar-refractivity contribution in [2.24, 2.45) is 12.5 Å². The molecule has 0 atom stereocenters. The number of ketones is 1. The molecule has 132 valence electrons. The Kier molecular flexibility index (Phi) is 3.71. The second-order valence-corrected chi connectivity index (χ2v) is 7.96. The number of hydrogen-bond donors (Lipinski definition) is 0. The molecule has 0 radical (unpaired) electrons. The summed E-state index contributed by atoms with van der Waals surface area (Å²) in [7, 11) is 1.78. The van der Waals surface area contributed by atoms with Crippen molar-refractivity contribution in [3.63, 3.8) is 0 Å². The van der Waals surface area contributed by atoms with Crippen LogP contribution >= 0.6 is 0 Å². The lowest BCUT2D eigenvalue weighted by molar-refractivity contribution is 0.101. The topological polar surface area (TPSA) is 55.2 Å². The predicted octanol–water partition coefficient (Wildman–Crippen LogP) is 3.22. The molecule has 2 fully saturated rings. The lowest BCUT2D eigenvalue weighted by Gasteiger charge is -2.53. The molecule has 2 aromatic rings. The van der Waals surface area contributed by atoms with Crippen LogP contribution in [0.15, 0.2) is 16.9 Å². The lowest BCUT2D eigenvalue weighted by atomic mass is 9.69. The summed E-state index contributed by atoms with van der Waals surface area (Å²) in [5.74, 6) is 0.646. The number of aryl methyl sites for hydroxylation is 1. The standard InChI is InChI=1S/C20H25N3O2/c1-13-9-15(14(2)24)17-16(10-13)18(25)22(3)19(21-17)23-11-20(12-23)7-5-4-6-8-20/h9-10H,4-8,11-12H2,1-3H3. The van der Waals surface area contributed by atoms with Crippen molar-refractivity contribution >= 4 is 22.6 Å². The molecule has 5 heteroatoms. The number of carbonyl (C=O) groups is 1. The number of Topliss-reactive ketones (excluding diaryl/α,β-unsaturated/α-hetero) is 1. The fourth-order valence-corrected chi connectivity index (χ4v) is 4.58. The molecule has 1 saturated carbocycles. The monoisotopic (exact) mass is 339 g/mol. The van der Waals surface area contributed by atoms with Crippen LogP contribution in [0.4, 0.5) is 5.95 Å². The first-order valence-electron chi connectivity index (χ1n) is 9.17. The van der Waals surface area contributed by atoms with E-state index in [1.54, 1.807) is 11.6 Å². The van der Waals surface area contributed by atoms with Crippen molar-refractivity contribution in [3.05, 3.63) is 33.6 Å². The molecular weight excluding hydrogens is 314 g/mol. The molecule has 4 rings (SSSR count). The first-order valence-corrected chi connectivity index (χ1v) is 9.17.